The molecule has 0 amide bonds. The molecule has 0 saturated heterocycles. The van der Waals surface area contributed by atoms with Gasteiger partial charge in [0.2, 0.25) is 0 Å². The maximum absolute atomic E-state index is 5.23. The molecule has 126 valence electrons. The lowest BCUT2D eigenvalue weighted by Gasteiger charge is -2.19. The molecule has 0 bridgehead atoms. The summed E-state index contributed by atoms with van der Waals surface area (Å²) in [7, 11) is 1.68. The third kappa shape index (κ3) is 9.12. The van der Waals surface area contributed by atoms with Gasteiger partial charge in [-0.2, -0.15) is 0 Å². The van der Waals surface area contributed by atoms with E-state index in [-0.39, 0.29) is 24.0 Å². The van der Waals surface area contributed by atoms with Crippen molar-refractivity contribution in [3.63, 3.8) is 0 Å². The van der Waals surface area contributed by atoms with Crippen LogP contribution >= 0.6 is 24.0 Å². The summed E-state index contributed by atoms with van der Waals surface area (Å²) in [6, 6.07) is 8.01. The molecule has 0 fully saturated rings. The first-order chi connectivity index (χ1) is 9.94. The molecule has 1 rings (SSSR count). The largest absolute Gasteiger partial charge is 0.497 e. The summed E-state index contributed by atoms with van der Waals surface area (Å²) >= 11 is 0. The number of benzene rings is 1. The number of nitrogens with one attached hydrogen (secondary N) is 2. The Morgan fingerprint density at radius 1 is 1.23 bits per heavy atom. The van der Waals surface area contributed by atoms with E-state index in [0.29, 0.717) is 12.0 Å². The van der Waals surface area contributed by atoms with Crippen molar-refractivity contribution in [1.29, 1.82) is 0 Å². The minimum atomic E-state index is 0. The smallest absolute Gasteiger partial charge is 0.191 e. The van der Waals surface area contributed by atoms with Crippen LogP contribution in [0.25, 0.3) is 0 Å². The van der Waals surface area contributed by atoms with Crippen molar-refractivity contribution < 1.29 is 4.74 Å². The highest BCUT2D eigenvalue weighted by molar-refractivity contribution is 14.0. The first-order valence-corrected chi connectivity index (χ1v) is 7.59. The summed E-state index contributed by atoms with van der Waals surface area (Å²) < 4.78 is 5.23. The highest BCUT2D eigenvalue weighted by Gasteiger charge is 2.09. The van der Waals surface area contributed by atoms with Gasteiger partial charge < -0.3 is 15.4 Å². The van der Waals surface area contributed by atoms with Crippen molar-refractivity contribution in [2.45, 2.75) is 40.7 Å². The van der Waals surface area contributed by atoms with Gasteiger partial charge in [0.15, 0.2) is 5.96 Å². The zero-order chi connectivity index (χ0) is 15.7. The molecule has 0 radical (unpaired) electrons. The van der Waals surface area contributed by atoms with Crippen LogP contribution < -0.4 is 15.4 Å². The maximum atomic E-state index is 5.23. The Morgan fingerprint density at radius 2 is 1.95 bits per heavy atom. The van der Waals surface area contributed by atoms with E-state index in [2.05, 4.69) is 49.4 Å². The SMILES string of the molecule is CCNC(=NCc1cccc(OC)c1)NCCC(C)(C)C.I. The van der Waals surface area contributed by atoms with E-state index in [0.717, 1.165) is 36.8 Å². The molecule has 5 heteroatoms. The fourth-order valence-electron chi connectivity index (χ4n) is 1.84. The van der Waals surface area contributed by atoms with Crippen molar-refractivity contribution in [2.24, 2.45) is 10.4 Å². The average Bonchev–Trinajstić information content (AvgIpc) is 2.43. The lowest BCUT2D eigenvalue weighted by atomic mass is 9.92. The van der Waals surface area contributed by atoms with Crippen LogP contribution in [0.2, 0.25) is 0 Å². The Bertz CT molecular complexity index is 455. The van der Waals surface area contributed by atoms with Crippen molar-refractivity contribution in [3.05, 3.63) is 29.8 Å². The quantitative estimate of drug-likeness (QED) is 0.419. The van der Waals surface area contributed by atoms with Crippen LogP contribution in [0.1, 0.15) is 39.7 Å². The van der Waals surface area contributed by atoms with Gasteiger partial charge in [0, 0.05) is 13.1 Å². The van der Waals surface area contributed by atoms with Crippen LogP contribution in [-0.2, 0) is 6.54 Å². The third-order valence-electron chi connectivity index (χ3n) is 3.07. The summed E-state index contributed by atoms with van der Waals surface area (Å²) in [5.41, 5.74) is 1.47. The number of nitrogens with zero attached hydrogens (tertiary/aromatic N) is 1. The third-order valence-corrected chi connectivity index (χ3v) is 3.07. The van der Waals surface area contributed by atoms with E-state index in [1.165, 1.54) is 0 Å². The number of hydrogen-bond acceptors (Lipinski definition) is 2. The van der Waals surface area contributed by atoms with Gasteiger partial charge in [-0.15, -0.1) is 24.0 Å². The first kappa shape index (κ1) is 21.0. The zero-order valence-electron chi connectivity index (χ0n) is 14.4. The van der Waals surface area contributed by atoms with E-state index in [1.807, 2.05) is 18.2 Å². The van der Waals surface area contributed by atoms with Gasteiger partial charge in [-0.05, 0) is 36.5 Å². The number of hydrogen-bond donors (Lipinski definition) is 2. The molecule has 1 aromatic carbocycles. The van der Waals surface area contributed by atoms with Crippen LogP contribution in [0.15, 0.2) is 29.3 Å². The second kappa shape index (κ2) is 10.7. The molecule has 0 spiro atoms. The highest BCUT2D eigenvalue weighted by atomic mass is 127. The van der Waals surface area contributed by atoms with Crippen molar-refractivity contribution >= 4 is 29.9 Å². The Kier molecular flexibility index (Phi) is 10.2. The molecular weight excluding hydrogens is 389 g/mol. The average molecular weight is 419 g/mol. The number of methoxy groups -OCH3 is 1. The number of halogens is 1. The summed E-state index contributed by atoms with van der Waals surface area (Å²) in [6.45, 7) is 11.2. The topological polar surface area (TPSA) is 45.7 Å². The zero-order valence-corrected chi connectivity index (χ0v) is 16.7. The lowest BCUT2D eigenvalue weighted by Crippen LogP contribution is -2.38. The molecule has 2 N–H and O–H groups in total. The molecule has 1 aromatic rings. The molecule has 22 heavy (non-hydrogen) atoms. The standard InChI is InChI=1S/C17H29N3O.HI/c1-6-18-16(19-11-10-17(2,3)4)20-13-14-8-7-9-15(12-14)21-5;/h7-9,12H,6,10-11,13H2,1-5H3,(H2,18,19,20);1H. The van der Waals surface area contributed by atoms with Gasteiger partial charge >= 0.3 is 0 Å². The minimum absolute atomic E-state index is 0. The fourth-order valence-corrected chi connectivity index (χ4v) is 1.84. The highest BCUT2D eigenvalue weighted by Crippen LogP contribution is 2.17. The Balaban J connectivity index is 0.00000441. The van der Waals surface area contributed by atoms with Crippen LogP contribution in [0.4, 0.5) is 0 Å². The molecule has 0 saturated carbocycles. The normalized spacial score (nSPS) is 11.6. The molecule has 0 aromatic heterocycles. The van der Waals surface area contributed by atoms with E-state index in [1.54, 1.807) is 7.11 Å². The van der Waals surface area contributed by atoms with Gasteiger partial charge in [0.05, 0.1) is 13.7 Å². The van der Waals surface area contributed by atoms with Crippen LogP contribution in [0.3, 0.4) is 0 Å². The van der Waals surface area contributed by atoms with Gasteiger partial charge in [0.25, 0.3) is 0 Å². The maximum Gasteiger partial charge on any atom is 0.191 e. The lowest BCUT2D eigenvalue weighted by molar-refractivity contribution is 0.377. The summed E-state index contributed by atoms with van der Waals surface area (Å²) in [5, 5.41) is 6.66. The van der Waals surface area contributed by atoms with Gasteiger partial charge in [0.1, 0.15) is 5.75 Å². The molecule has 0 heterocycles. The molecule has 0 aliphatic heterocycles. The van der Waals surface area contributed by atoms with Crippen molar-refractivity contribution in [1.82, 2.24) is 10.6 Å². The number of ether oxygens (including phenoxy) is 1. The molecule has 0 atom stereocenters. The molecule has 0 unspecified atom stereocenters. The predicted molar refractivity (Wildman–Crippen MR) is 105 cm³/mol. The van der Waals surface area contributed by atoms with E-state index in [4.69, 9.17) is 4.74 Å². The summed E-state index contributed by atoms with van der Waals surface area (Å²) in [4.78, 5) is 4.62. The van der Waals surface area contributed by atoms with E-state index >= 15 is 0 Å². The van der Waals surface area contributed by atoms with Crippen LogP contribution in [0.5, 0.6) is 5.75 Å². The van der Waals surface area contributed by atoms with Crippen molar-refractivity contribution in [2.75, 3.05) is 20.2 Å². The van der Waals surface area contributed by atoms with Crippen LogP contribution in [-0.4, -0.2) is 26.2 Å². The van der Waals surface area contributed by atoms with E-state index in [9.17, 15) is 0 Å². The number of aliphatic imine (C=N–C) groups is 1. The molecule has 0 aliphatic rings. The van der Waals surface area contributed by atoms with Crippen LogP contribution in [0, 0.1) is 5.41 Å². The Morgan fingerprint density at radius 3 is 2.55 bits per heavy atom. The molecule has 4 nitrogen and oxygen atoms in total. The van der Waals surface area contributed by atoms with Crippen molar-refractivity contribution in [3.8, 4) is 5.75 Å². The number of rotatable bonds is 6. The van der Waals surface area contributed by atoms with Gasteiger partial charge in [-0.3, -0.25) is 0 Å². The first-order valence-electron chi connectivity index (χ1n) is 7.59. The molecular formula is C17H30IN3O. The summed E-state index contributed by atoms with van der Waals surface area (Å²) in [5.74, 6) is 1.73. The molecule has 0 aliphatic carbocycles. The Hall–Kier alpha value is -0.980. The monoisotopic (exact) mass is 419 g/mol. The fraction of sp³-hybridized carbons (Fsp3) is 0.588. The second-order valence-electron chi connectivity index (χ2n) is 6.28. The summed E-state index contributed by atoms with van der Waals surface area (Å²) in [6.07, 6.45) is 1.11. The van der Waals surface area contributed by atoms with E-state index < -0.39 is 0 Å². The second-order valence-corrected chi connectivity index (χ2v) is 6.28. The van der Waals surface area contributed by atoms with Gasteiger partial charge in [-0.1, -0.05) is 32.9 Å². The van der Waals surface area contributed by atoms with Gasteiger partial charge in [-0.25, -0.2) is 4.99 Å². The number of guanidine groups is 1. The Labute approximate surface area is 152 Å². The predicted octanol–water partition coefficient (Wildman–Crippen LogP) is 3.80. The minimum Gasteiger partial charge on any atom is -0.497 e.